The minimum Gasteiger partial charge on any atom is -0.353 e. The molecule has 1 unspecified atom stereocenters. The second-order valence-electron chi connectivity index (χ2n) is 2.65. The maximum atomic E-state index is 8.88. The van der Waals surface area contributed by atoms with Gasteiger partial charge in [0.05, 0.1) is 6.07 Å². The second-order valence-corrected chi connectivity index (χ2v) is 2.65. The zero-order valence-corrected chi connectivity index (χ0v) is 8.05. The van der Waals surface area contributed by atoms with Crippen molar-refractivity contribution in [3.05, 3.63) is 0 Å². The zero-order chi connectivity index (χ0) is 9.61. The van der Waals surface area contributed by atoms with E-state index in [1.807, 2.05) is 6.92 Å². The van der Waals surface area contributed by atoms with Crippen LogP contribution in [0.15, 0.2) is 0 Å². The molecule has 0 fully saturated rings. The summed E-state index contributed by atoms with van der Waals surface area (Å²) in [6, 6.07) is 2.12. The van der Waals surface area contributed by atoms with Gasteiger partial charge in [0.1, 0.15) is 0 Å². The number of methoxy groups -OCH3 is 2. The van der Waals surface area contributed by atoms with E-state index in [0.29, 0.717) is 6.54 Å². The van der Waals surface area contributed by atoms with E-state index in [2.05, 4.69) is 11.4 Å². The van der Waals surface area contributed by atoms with Gasteiger partial charge in [-0.25, -0.2) is 0 Å². The molecule has 0 aromatic rings. The standard InChI is InChI=1S/C8H16N2O2/c1-5-10-8(2,6-9)7(11-3)12-4/h7,10H,5H2,1-4H3. The fourth-order valence-electron chi connectivity index (χ4n) is 1.11. The molecule has 4 nitrogen and oxygen atoms in total. The molecule has 0 aromatic heterocycles. The van der Waals surface area contributed by atoms with Crippen LogP contribution in [0.5, 0.6) is 0 Å². The van der Waals surface area contributed by atoms with Gasteiger partial charge in [-0.3, -0.25) is 5.32 Å². The Kier molecular flexibility index (Phi) is 4.83. The summed E-state index contributed by atoms with van der Waals surface area (Å²) >= 11 is 0. The van der Waals surface area contributed by atoms with Crippen LogP contribution >= 0.6 is 0 Å². The number of rotatable bonds is 5. The third kappa shape index (κ3) is 2.45. The lowest BCUT2D eigenvalue weighted by atomic mass is 10.0. The Morgan fingerprint density at radius 3 is 2.25 bits per heavy atom. The maximum Gasteiger partial charge on any atom is 0.188 e. The zero-order valence-electron chi connectivity index (χ0n) is 8.05. The summed E-state index contributed by atoms with van der Waals surface area (Å²) in [5.74, 6) is 0. The van der Waals surface area contributed by atoms with Gasteiger partial charge in [-0.1, -0.05) is 6.92 Å². The topological polar surface area (TPSA) is 54.3 Å². The van der Waals surface area contributed by atoms with Crippen molar-refractivity contribution in [3.63, 3.8) is 0 Å². The Labute approximate surface area is 73.5 Å². The van der Waals surface area contributed by atoms with Gasteiger partial charge in [0.2, 0.25) is 0 Å². The molecule has 0 saturated heterocycles. The van der Waals surface area contributed by atoms with Crippen LogP contribution < -0.4 is 5.32 Å². The number of nitriles is 1. The molecule has 0 aliphatic rings. The predicted octanol–water partition coefficient (Wildman–Crippen LogP) is 0.497. The van der Waals surface area contributed by atoms with Crippen molar-refractivity contribution in [2.75, 3.05) is 20.8 Å². The van der Waals surface area contributed by atoms with E-state index in [0.717, 1.165) is 0 Å². The Morgan fingerprint density at radius 1 is 1.50 bits per heavy atom. The van der Waals surface area contributed by atoms with Gasteiger partial charge in [0.25, 0.3) is 0 Å². The van der Waals surface area contributed by atoms with E-state index in [4.69, 9.17) is 14.7 Å². The first-order valence-electron chi connectivity index (χ1n) is 3.86. The molecule has 0 aliphatic heterocycles. The van der Waals surface area contributed by atoms with Crippen molar-refractivity contribution in [3.8, 4) is 6.07 Å². The van der Waals surface area contributed by atoms with Gasteiger partial charge in [0.15, 0.2) is 11.8 Å². The SMILES string of the molecule is CCNC(C)(C#N)C(OC)OC. The first-order valence-corrected chi connectivity index (χ1v) is 3.86. The smallest absolute Gasteiger partial charge is 0.188 e. The van der Waals surface area contributed by atoms with Crippen LogP contribution in [0.4, 0.5) is 0 Å². The van der Waals surface area contributed by atoms with E-state index in [9.17, 15) is 0 Å². The largest absolute Gasteiger partial charge is 0.353 e. The minimum atomic E-state index is -0.780. The van der Waals surface area contributed by atoms with Gasteiger partial charge in [0, 0.05) is 14.2 Å². The summed E-state index contributed by atoms with van der Waals surface area (Å²) in [4.78, 5) is 0. The highest BCUT2D eigenvalue weighted by Crippen LogP contribution is 2.12. The third-order valence-electron chi connectivity index (χ3n) is 1.68. The summed E-state index contributed by atoms with van der Waals surface area (Å²) in [5.41, 5.74) is -0.780. The van der Waals surface area contributed by atoms with Crippen molar-refractivity contribution in [2.24, 2.45) is 0 Å². The number of hydrogen-bond donors (Lipinski definition) is 1. The highest BCUT2D eigenvalue weighted by Gasteiger charge is 2.33. The summed E-state index contributed by atoms with van der Waals surface area (Å²) in [6.45, 7) is 4.37. The van der Waals surface area contributed by atoms with Gasteiger partial charge in [-0.2, -0.15) is 5.26 Å². The number of likely N-dealkylation sites (N-methyl/N-ethyl adjacent to an activating group) is 1. The Balaban J connectivity index is 4.38. The lowest BCUT2D eigenvalue weighted by Crippen LogP contribution is -2.52. The highest BCUT2D eigenvalue weighted by atomic mass is 16.7. The van der Waals surface area contributed by atoms with Crippen molar-refractivity contribution in [2.45, 2.75) is 25.7 Å². The molecule has 0 radical (unpaired) electrons. The molecule has 1 N–H and O–H groups in total. The molecule has 0 aromatic carbocycles. The van der Waals surface area contributed by atoms with Crippen molar-refractivity contribution < 1.29 is 9.47 Å². The van der Waals surface area contributed by atoms with E-state index in [1.165, 1.54) is 14.2 Å². The molecule has 0 spiro atoms. The Bertz CT molecular complexity index is 163. The Hall–Kier alpha value is -0.630. The predicted molar refractivity (Wildman–Crippen MR) is 45.5 cm³/mol. The van der Waals surface area contributed by atoms with Gasteiger partial charge in [-0.15, -0.1) is 0 Å². The Morgan fingerprint density at radius 2 is 2.00 bits per heavy atom. The number of hydrogen-bond acceptors (Lipinski definition) is 4. The van der Waals surface area contributed by atoms with Crippen LogP contribution in [0, 0.1) is 11.3 Å². The molecular weight excluding hydrogens is 156 g/mol. The summed E-state index contributed by atoms with van der Waals surface area (Å²) in [6.07, 6.45) is -0.539. The molecule has 0 rings (SSSR count). The van der Waals surface area contributed by atoms with Crippen LogP contribution in [0.1, 0.15) is 13.8 Å². The fraction of sp³-hybridized carbons (Fsp3) is 0.875. The molecule has 0 amide bonds. The first kappa shape index (κ1) is 11.4. The van der Waals surface area contributed by atoms with Gasteiger partial charge >= 0.3 is 0 Å². The summed E-state index contributed by atoms with van der Waals surface area (Å²) in [5, 5.41) is 11.9. The number of nitrogens with zero attached hydrogens (tertiary/aromatic N) is 1. The van der Waals surface area contributed by atoms with Gasteiger partial charge in [-0.05, 0) is 13.5 Å². The average molecular weight is 172 g/mol. The van der Waals surface area contributed by atoms with Crippen molar-refractivity contribution >= 4 is 0 Å². The van der Waals surface area contributed by atoms with E-state index in [-0.39, 0.29) is 0 Å². The molecule has 0 saturated carbocycles. The van der Waals surface area contributed by atoms with Crippen LogP contribution in [0.25, 0.3) is 0 Å². The van der Waals surface area contributed by atoms with Crippen LogP contribution in [0.3, 0.4) is 0 Å². The maximum absolute atomic E-state index is 8.88. The van der Waals surface area contributed by atoms with Crippen LogP contribution in [0.2, 0.25) is 0 Å². The summed E-state index contributed by atoms with van der Waals surface area (Å²) < 4.78 is 10.0. The molecule has 70 valence electrons. The molecule has 4 heteroatoms. The molecule has 12 heavy (non-hydrogen) atoms. The summed E-state index contributed by atoms with van der Waals surface area (Å²) in [7, 11) is 3.03. The normalized spacial score (nSPS) is 15.7. The third-order valence-corrected chi connectivity index (χ3v) is 1.68. The fourth-order valence-corrected chi connectivity index (χ4v) is 1.11. The first-order chi connectivity index (χ1) is 5.64. The van der Waals surface area contributed by atoms with Gasteiger partial charge < -0.3 is 9.47 Å². The quantitative estimate of drug-likeness (QED) is 0.613. The minimum absolute atomic E-state index is 0.539. The van der Waals surface area contributed by atoms with E-state index >= 15 is 0 Å². The van der Waals surface area contributed by atoms with Crippen LogP contribution in [-0.2, 0) is 9.47 Å². The molecular formula is C8H16N2O2. The number of ether oxygens (including phenoxy) is 2. The lowest BCUT2D eigenvalue weighted by molar-refractivity contribution is -0.136. The highest BCUT2D eigenvalue weighted by molar-refractivity contribution is 5.06. The van der Waals surface area contributed by atoms with Crippen molar-refractivity contribution in [1.82, 2.24) is 5.32 Å². The molecule has 0 heterocycles. The molecule has 0 aliphatic carbocycles. The van der Waals surface area contributed by atoms with E-state index in [1.54, 1.807) is 6.92 Å². The van der Waals surface area contributed by atoms with E-state index < -0.39 is 11.8 Å². The average Bonchev–Trinajstić information content (AvgIpc) is 2.07. The monoisotopic (exact) mass is 172 g/mol. The molecule has 1 atom stereocenters. The molecule has 0 bridgehead atoms. The lowest BCUT2D eigenvalue weighted by Gasteiger charge is -2.29. The number of nitrogens with one attached hydrogen (secondary N) is 1. The van der Waals surface area contributed by atoms with Crippen molar-refractivity contribution in [1.29, 1.82) is 5.26 Å². The van der Waals surface area contributed by atoms with Crippen LogP contribution in [-0.4, -0.2) is 32.6 Å². The second kappa shape index (κ2) is 5.09.